The second-order valence-electron chi connectivity index (χ2n) is 5.66. The fourth-order valence-electron chi connectivity index (χ4n) is 3.35. The molecule has 0 aliphatic carbocycles. The first-order valence-corrected chi connectivity index (χ1v) is 8.49. The summed E-state index contributed by atoms with van der Waals surface area (Å²) in [5, 5.41) is 0. The number of hydrogen-bond acceptors (Lipinski definition) is 4. The predicted octanol–water partition coefficient (Wildman–Crippen LogP) is 0.624. The summed E-state index contributed by atoms with van der Waals surface area (Å²) in [5.74, 6) is 1.33. The van der Waals surface area contributed by atoms with Crippen LogP contribution in [0.4, 0.5) is 0 Å². The number of nitrogens with two attached hydrogens (primary N) is 1. The molecule has 2 N–H and O–H groups in total. The fourth-order valence-corrected chi connectivity index (χ4v) is 5.44. The third-order valence-corrected chi connectivity index (χ3v) is 6.20. The van der Waals surface area contributed by atoms with Crippen LogP contribution in [0.2, 0.25) is 0 Å². The Morgan fingerprint density at radius 3 is 2.76 bits per heavy atom. The van der Waals surface area contributed by atoms with Crippen molar-refractivity contribution in [1.29, 1.82) is 0 Å². The largest absolute Gasteiger partial charge is 0.329 e. The quantitative estimate of drug-likeness (QED) is 0.805. The van der Waals surface area contributed by atoms with Gasteiger partial charge in [-0.2, -0.15) is 0 Å². The zero-order chi connectivity index (χ0) is 12.5. The first-order chi connectivity index (χ1) is 8.01. The highest BCUT2D eigenvalue weighted by molar-refractivity contribution is 7.91. The zero-order valence-electron chi connectivity index (χ0n) is 10.7. The highest BCUT2D eigenvalue weighted by Gasteiger charge is 2.47. The molecular formula is C12H24N2O2S. The van der Waals surface area contributed by atoms with Gasteiger partial charge in [0, 0.05) is 18.6 Å². The monoisotopic (exact) mass is 260 g/mol. The molecule has 0 aromatic heterocycles. The maximum absolute atomic E-state index is 11.7. The van der Waals surface area contributed by atoms with E-state index in [4.69, 9.17) is 5.73 Å². The van der Waals surface area contributed by atoms with Gasteiger partial charge in [0.05, 0.1) is 11.5 Å². The highest BCUT2D eigenvalue weighted by atomic mass is 32.2. The van der Waals surface area contributed by atoms with Crippen LogP contribution in [-0.2, 0) is 9.84 Å². The van der Waals surface area contributed by atoms with E-state index in [2.05, 4.69) is 11.8 Å². The van der Waals surface area contributed by atoms with Crippen LogP contribution >= 0.6 is 0 Å². The summed E-state index contributed by atoms with van der Waals surface area (Å²) in [6.07, 6.45) is 4.40. The van der Waals surface area contributed by atoms with Crippen LogP contribution in [0.15, 0.2) is 0 Å². The minimum atomic E-state index is -2.85. The van der Waals surface area contributed by atoms with Crippen molar-refractivity contribution < 1.29 is 8.42 Å². The Balaban J connectivity index is 2.06. The molecule has 2 fully saturated rings. The van der Waals surface area contributed by atoms with Crippen LogP contribution in [0, 0.1) is 5.92 Å². The minimum Gasteiger partial charge on any atom is -0.329 e. The summed E-state index contributed by atoms with van der Waals surface area (Å²) in [4.78, 5) is 2.36. The average Bonchev–Trinajstić information content (AvgIpc) is 2.84. The van der Waals surface area contributed by atoms with Crippen molar-refractivity contribution in [3.63, 3.8) is 0 Å². The summed E-state index contributed by atoms with van der Waals surface area (Å²) >= 11 is 0. The molecule has 0 radical (unpaired) electrons. The van der Waals surface area contributed by atoms with Gasteiger partial charge < -0.3 is 5.73 Å². The van der Waals surface area contributed by atoms with Gasteiger partial charge in [0.2, 0.25) is 0 Å². The molecule has 0 aromatic carbocycles. The summed E-state index contributed by atoms with van der Waals surface area (Å²) in [6.45, 7) is 4.75. The van der Waals surface area contributed by atoms with E-state index in [0.717, 1.165) is 25.4 Å². The molecule has 17 heavy (non-hydrogen) atoms. The molecule has 2 rings (SSSR count). The van der Waals surface area contributed by atoms with E-state index in [9.17, 15) is 8.42 Å². The van der Waals surface area contributed by atoms with Crippen molar-refractivity contribution in [2.75, 3.05) is 31.1 Å². The maximum Gasteiger partial charge on any atom is 0.152 e. The molecule has 2 aliphatic heterocycles. The van der Waals surface area contributed by atoms with E-state index in [0.29, 0.717) is 12.3 Å². The number of rotatable bonds is 4. The molecule has 0 saturated carbocycles. The Morgan fingerprint density at radius 2 is 2.24 bits per heavy atom. The molecule has 2 atom stereocenters. The van der Waals surface area contributed by atoms with Crippen molar-refractivity contribution in [3.05, 3.63) is 0 Å². The van der Waals surface area contributed by atoms with Gasteiger partial charge in [-0.15, -0.1) is 0 Å². The van der Waals surface area contributed by atoms with Crippen molar-refractivity contribution in [2.24, 2.45) is 11.7 Å². The summed E-state index contributed by atoms with van der Waals surface area (Å²) in [7, 11) is -2.85. The van der Waals surface area contributed by atoms with E-state index in [1.54, 1.807) is 0 Å². The molecule has 0 bridgehead atoms. The molecule has 2 aliphatic rings. The van der Waals surface area contributed by atoms with E-state index in [1.165, 1.54) is 19.3 Å². The van der Waals surface area contributed by atoms with Crippen LogP contribution in [-0.4, -0.2) is 50.0 Å². The Morgan fingerprint density at radius 1 is 1.47 bits per heavy atom. The maximum atomic E-state index is 11.7. The smallest absolute Gasteiger partial charge is 0.152 e. The van der Waals surface area contributed by atoms with E-state index in [-0.39, 0.29) is 11.3 Å². The molecule has 0 aromatic rings. The SMILES string of the molecule is CCCC1CCN(C2(CN)CCS(=O)(=O)C2)C1. The topological polar surface area (TPSA) is 63.4 Å². The molecule has 2 unspecified atom stereocenters. The zero-order valence-corrected chi connectivity index (χ0v) is 11.5. The van der Waals surface area contributed by atoms with Crippen LogP contribution in [0.5, 0.6) is 0 Å². The molecular weight excluding hydrogens is 236 g/mol. The Labute approximate surface area is 104 Å². The third-order valence-electron chi connectivity index (χ3n) is 4.40. The van der Waals surface area contributed by atoms with Crippen molar-refractivity contribution in [3.8, 4) is 0 Å². The first kappa shape index (κ1) is 13.3. The lowest BCUT2D eigenvalue weighted by Crippen LogP contribution is -2.54. The molecule has 2 saturated heterocycles. The highest BCUT2D eigenvalue weighted by Crippen LogP contribution is 2.34. The molecule has 0 amide bonds. The molecule has 2 heterocycles. The average molecular weight is 260 g/mol. The predicted molar refractivity (Wildman–Crippen MR) is 69.6 cm³/mol. The van der Waals surface area contributed by atoms with Gasteiger partial charge in [0.25, 0.3) is 0 Å². The number of likely N-dealkylation sites (tertiary alicyclic amines) is 1. The van der Waals surface area contributed by atoms with Crippen LogP contribution in [0.1, 0.15) is 32.6 Å². The lowest BCUT2D eigenvalue weighted by atomic mass is 9.96. The number of nitrogens with zero attached hydrogens (tertiary/aromatic N) is 1. The standard InChI is InChI=1S/C12H24N2O2S/c1-2-3-11-4-6-14(8-11)12(9-13)5-7-17(15,16)10-12/h11H,2-10,13H2,1H3. The fraction of sp³-hybridized carbons (Fsp3) is 1.00. The van der Waals surface area contributed by atoms with Gasteiger partial charge in [0.1, 0.15) is 0 Å². The molecule has 100 valence electrons. The molecule has 4 nitrogen and oxygen atoms in total. The van der Waals surface area contributed by atoms with Crippen molar-refractivity contribution >= 4 is 9.84 Å². The minimum absolute atomic E-state index is 0.249. The van der Waals surface area contributed by atoms with Gasteiger partial charge in [-0.3, -0.25) is 4.90 Å². The van der Waals surface area contributed by atoms with Crippen molar-refractivity contribution in [1.82, 2.24) is 4.90 Å². The Kier molecular flexibility index (Phi) is 3.80. The van der Waals surface area contributed by atoms with E-state index < -0.39 is 9.84 Å². The van der Waals surface area contributed by atoms with Gasteiger partial charge in [0.15, 0.2) is 9.84 Å². The van der Waals surface area contributed by atoms with Gasteiger partial charge in [-0.1, -0.05) is 13.3 Å². The molecule has 0 spiro atoms. The van der Waals surface area contributed by atoms with Crippen molar-refractivity contribution in [2.45, 2.75) is 38.1 Å². The second-order valence-corrected chi connectivity index (χ2v) is 7.84. The summed E-state index contributed by atoms with van der Waals surface area (Å²) in [5.41, 5.74) is 5.63. The van der Waals surface area contributed by atoms with Crippen LogP contribution < -0.4 is 5.73 Å². The number of hydrogen-bond donors (Lipinski definition) is 1. The van der Waals surface area contributed by atoms with E-state index in [1.807, 2.05) is 0 Å². The molecule has 5 heteroatoms. The van der Waals surface area contributed by atoms with Crippen LogP contribution in [0.3, 0.4) is 0 Å². The second kappa shape index (κ2) is 4.86. The number of sulfone groups is 1. The normalized spacial score (nSPS) is 37.6. The van der Waals surface area contributed by atoms with Gasteiger partial charge in [-0.05, 0) is 31.7 Å². The summed E-state index contributed by atoms with van der Waals surface area (Å²) < 4.78 is 23.4. The lowest BCUT2D eigenvalue weighted by molar-refractivity contribution is 0.143. The Hall–Kier alpha value is -0.130. The third kappa shape index (κ3) is 2.66. The first-order valence-electron chi connectivity index (χ1n) is 6.67. The summed E-state index contributed by atoms with van der Waals surface area (Å²) in [6, 6.07) is 0. The van der Waals surface area contributed by atoms with Gasteiger partial charge >= 0.3 is 0 Å². The van der Waals surface area contributed by atoms with Gasteiger partial charge in [-0.25, -0.2) is 8.42 Å². The Bertz CT molecular complexity index is 369. The lowest BCUT2D eigenvalue weighted by Gasteiger charge is -2.36. The van der Waals surface area contributed by atoms with E-state index >= 15 is 0 Å². The van der Waals surface area contributed by atoms with Crippen LogP contribution in [0.25, 0.3) is 0 Å².